The minimum atomic E-state index is -0.866. The Bertz CT molecular complexity index is 1540. The number of fused-ring (bicyclic) bond motifs is 1. The molecule has 0 atom stereocenters. The number of nitrogens with one attached hydrogen (secondary N) is 2. The largest absolute Gasteiger partial charge is 0.337 e. The molecule has 9 nitrogen and oxygen atoms in total. The van der Waals surface area contributed by atoms with Gasteiger partial charge in [-0.25, -0.2) is 14.1 Å². The molecule has 5 rings (SSSR count). The highest BCUT2D eigenvalue weighted by Gasteiger charge is 2.37. The van der Waals surface area contributed by atoms with Crippen molar-refractivity contribution >= 4 is 52.1 Å². The third kappa shape index (κ3) is 4.34. The minimum Gasteiger partial charge on any atom is -0.337 e. The summed E-state index contributed by atoms with van der Waals surface area (Å²) in [5.41, 5.74) is 1.64. The van der Waals surface area contributed by atoms with Crippen LogP contribution in [0, 0.1) is 5.82 Å². The molecule has 0 saturated carbocycles. The molecule has 0 aliphatic carbocycles. The number of imide groups is 2. The maximum absolute atomic E-state index is 13.1. The van der Waals surface area contributed by atoms with Crippen molar-refractivity contribution in [3.8, 4) is 0 Å². The van der Waals surface area contributed by atoms with Gasteiger partial charge in [-0.2, -0.15) is 0 Å². The van der Waals surface area contributed by atoms with E-state index in [9.17, 15) is 23.6 Å². The Labute approximate surface area is 203 Å². The van der Waals surface area contributed by atoms with Crippen molar-refractivity contribution in [1.29, 1.82) is 0 Å². The van der Waals surface area contributed by atoms with Crippen LogP contribution in [0.1, 0.15) is 5.56 Å². The number of anilines is 2. The summed E-state index contributed by atoms with van der Waals surface area (Å²) in [5, 5.41) is 5.59. The zero-order valence-electron chi connectivity index (χ0n) is 18.6. The summed E-state index contributed by atoms with van der Waals surface area (Å²) in [5.74, 6) is -2.37. The van der Waals surface area contributed by atoms with Crippen molar-refractivity contribution in [3.63, 3.8) is 0 Å². The number of carbonyl (C=O) groups excluding carboxylic acids is 4. The van der Waals surface area contributed by atoms with Gasteiger partial charge in [-0.1, -0.05) is 18.2 Å². The molecule has 2 aromatic carbocycles. The second kappa shape index (κ2) is 9.26. The molecule has 1 saturated heterocycles. The average molecular weight is 483 g/mol. The molecule has 0 unspecified atom stereocenters. The van der Waals surface area contributed by atoms with Crippen LogP contribution < -0.4 is 15.5 Å². The molecular formula is C26H18FN5O4. The van der Waals surface area contributed by atoms with Crippen LogP contribution in [0.2, 0.25) is 0 Å². The first-order valence-corrected chi connectivity index (χ1v) is 10.9. The summed E-state index contributed by atoms with van der Waals surface area (Å²) < 4.78 is 14.8. The van der Waals surface area contributed by atoms with Gasteiger partial charge in [0.15, 0.2) is 0 Å². The molecule has 2 aromatic heterocycles. The van der Waals surface area contributed by atoms with E-state index in [1.807, 2.05) is 0 Å². The molecule has 1 aliphatic rings. The fraction of sp³-hybridized carbons (Fsp3) is 0.0385. The number of rotatable bonds is 5. The van der Waals surface area contributed by atoms with Crippen molar-refractivity contribution in [2.45, 2.75) is 6.54 Å². The fourth-order valence-corrected chi connectivity index (χ4v) is 3.94. The van der Waals surface area contributed by atoms with Gasteiger partial charge < -0.3 is 9.88 Å². The molecule has 10 heteroatoms. The van der Waals surface area contributed by atoms with E-state index in [4.69, 9.17) is 0 Å². The number of carbonyl (C=O) groups is 4. The summed E-state index contributed by atoms with van der Waals surface area (Å²) in [7, 11) is 0. The second-order valence-corrected chi connectivity index (χ2v) is 7.95. The highest BCUT2D eigenvalue weighted by atomic mass is 19.1. The number of urea groups is 1. The first-order chi connectivity index (χ1) is 17.4. The van der Waals surface area contributed by atoms with Crippen LogP contribution in [0.15, 0.2) is 84.8 Å². The zero-order valence-corrected chi connectivity index (χ0v) is 18.6. The molecule has 178 valence electrons. The van der Waals surface area contributed by atoms with Gasteiger partial charge in [-0.05, 0) is 48.5 Å². The topological polar surface area (TPSA) is 113 Å². The Balaban J connectivity index is 1.47. The standard InChI is InChI=1S/C26H18FN5O4/c27-17-7-9-18(10-8-17)29-23(33)15-31-14-16(20-5-1-2-6-22(20)31)12-21-24(34)30-26(36)32(25(21)35)19-4-3-11-28-13-19/h1-14H,15H2,(H,29,33)(H,30,34,36)/b21-12+. The van der Waals surface area contributed by atoms with E-state index in [0.717, 1.165) is 4.90 Å². The van der Waals surface area contributed by atoms with Crippen molar-refractivity contribution in [2.75, 3.05) is 10.2 Å². The lowest BCUT2D eigenvalue weighted by molar-refractivity contribution is -0.122. The first-order valence-electron chi connectivity index (χ1n) is 10.9. The number of nitrogens with zero attached hydrogens (tertiary/aromatic N) is 3. The lowest BCUT2D eigenvalue weighted by Crippen LogP contribution is -2.54. The number of halogens is 1. The lowest BCUT2D eigenvalue weighted by atomic mass is 10.1. The number of hydrogen-bond donors (Lipinski definition) is 2. The maximum Gasteiger partial charge on any atom is 0.336 e. The second-order valence-electron chi connectivity index (χ2n) is 7.95. The average Bonchev–Trinajstić information content (AvgIpc) is 3.20. The van der Waals surface area contributed by atoms with Gasteiger partial charge in [0.05, 0.1) is 11.9 Å². The van der Waals surface area contributed by atoms with E-state index in [0.29, 0.717) is 22.2 Å². The summed E-state index contributed by atoms with van der Waals surface area (Å²) in [4.78, 5) is 55.5. The molecule has 36 heavy (non-hydrogen) atoms. The number of para-hydroxylation sites is 1. The van der Waals surface area contributed by atoms with Crippen LogP contribution >= 0.6 is 0 Å². The normalized spacial score (nSPS) is 14.9. The van der Waals surface area contributed by atoms with Crippen molar-refractivity contribution in [1.82, 2.24) is 14.9 Å². The van der Waals surface area contributed by atoms with Crippen LogP contribution in [0.25, 0.3) is 17.0 Å². The molecule has 1 aliphatic heterocycles. The van der Waals surface area contributed by atoms with E-state index in [2.05, 4.69) is 15.6 Å². The molecule has 5 amide bonds. The van der Waals surface area contributed by atoms with Gasteiger partial charge in [-0.3, -0.25) is 24.7 Å². The number of benzene rings is 2. The molecule has 0 bridgehead atoms. The Morgan fingerprint density at radius 3 is 2.56 bits per heavy atom. The first kappa shape index (κ1) is 22.7. The third-order valence-corrected chi connectivity index (χ3v) is 5.57. The van der Waals surface area contributed by atoms with Gasteiger partial charge >= 0.3 is 6.03 Å². The monoisotopic (exact) mass is 483 g/mol. The Morgan fingerprint density at radius 1 is 1.03 bits per heavy atom. The molecule has 3 heterocycles. The maximum atomic E-state index is 13.1. The smallest absolute Gasteiger partial charge is 0.336 e. The number of amides is 5. The van der Waals surface area contributed by atoms with Crippen LogP contribution in [-0.2, 0) is 20.9 Å². The molecule has 1 fully saturated rings. The van der Waals surface area contributed by atoms with E-state index >= 15 is 0 Å². The SMILES string of the molecule is O=C(Cn1cc(/C=C2\C(=O)NC(=O)N(c3cccnc3)C2=O)c2ccccc21)Nc1ccc(F)cc1. The van der Waals surface area contributed by atoms with Crippen molar-refractivity contribution in [3.05, 3.63) is 96.2 Å². The highest BCUT2D eigenvalue weighted by Crippen LogP contribution is 2.26. The quantitative estimate of drug-likeness (QED) is 0.333. The number of hydrogen-bond acceptors (Lipinski definition) is 5. The van der Waals surface area contributed by atoms with E-state index in [-0.39, 0.29) is 23.7 Å². The summed E-state index contributed by atoms with van der Waals surface area (Å²) >= 11 is 0. The Morgan fingerprint density at radius 2 is 1.81 bits per heavy atom. The Kier molecular flexibility index (Phi) is 5.83. The fourth-order valence-electron chi connectivity index (χ4n) is 3.94. The highest BCUT2D eigenvalue weighted by molar-refractivity contribution is 6.39. The number of pyridine rings is 1. The van der Waals surface area contributed by atoms with Crippen LogP contribution in [0.5, 0.6) is 0 Å². The van der Waals surface area contributed by atoms with Gasteiger partial charge in [0, 0.05) is 34.5 Å². The predicted molar refractivity (Wildman–Crippen MR) is 130 cm³/mol. The molecule has 2 N–H and O–H groups in total. The third-order valence-electron chi connectivity index (χ3n) is 5.57. The minimum absolute atomic E-state index is 0.0680. The summed E-state index contributed by atoms with van der Waals surface area (Å²) in [6, 6.07) is 14.8. The molecule has 0 radical (unpaired) electrons. The van der Waals surface area contributed by atoms with E-state index in [1.165, 1.54) is 48.8 Å². The Hall–Kier alpha value is -5.12. The zero-order chi connectivity index (χ0) is 25.2. The lowest BCUT2D eigenvalue weighted by Gasteiger charge is -2.25. The summed E-state index contributed by atoms with van der Waals surface area (Å²) in [6.07, 6.45) is 5.88. The van der Waals surface area contributed by atoms with Crippen LogP contribution in [-0.4, -0.2) is 33.3 Å². The summed E-state index contributed by atoms with van der Waals surface area (Å²) in [6.45, 7) is -0.0680. The van der Waals surface area contributed by atoms with Gasteiger partial charge in [0.1, 0.15) is 17.9 Å². The van der Waals surface area contributed by atoms with E-state index < -0.39 is 23.7 Å². The van der Waals surface area contributed by atoms with Gasteiger partial charge in [0.2, 0.25) is 5.91 Å². The van der Waals surface area contributed by atoms with Crippen LogP contribution in [0.3, 0.4) is 0 Å². The molecule has 4 aromatic rings. The van der Waals surface area contributed by atoms with Crippen LogP contribution in [0.4, 0.5) is 20.6 Å². The van der Waals surface area contributed by atoms with Crippen molar-refractivity contribution in [2.24, 2.45) is 0 Å². The number of barbiturate groups is 1. The molecular weight excluding hydrogens is 465 g/mol. The predicted octanol–water partition coefficient (Wildman–Crippen LogP) is 3.48. The van der Waals surface area contributed by atoms with Gasteiger partial charge in [-0.15, -0.1) is 0 Å². The molecule has 0 spiro atoms. The van der Waals surface area contributed by atoms with Crippen molar-refractivity contribution < 1.29 is 23.6 Å². The van der Waals surface area contributed by atoms with E-state index in [1.54, 1.807) is 41.1 Å². The van der Waals surface area contributed by atoms with Gasteiger partial charge in [0.25, 0.3) is 11.8 Å². The number of aromatic nitrogens is 2.